The zero-order valence-corrected chi connectivity index (χ0v) is 14.1. The number of aromatic nitrogens is 1. The number of pyridine rings is 1. The van der Waals surface area contributed by atoms with Crippen molar-refractivity contribution in [3.63, 3.8) is 0 Å². The summed E-state index contributed by atoms with van der Waals surface area (Å²) in [6.45, 7) is 1.60. The lowest BCUT2D eigenvalue weighted by Gasteiger charge is -2.30. The van der Waals surface area contributed by atoms with Gasteiger partial charge in [0.05, 0.1) is 11.9 Å². The molecule has 0 amide bonds. The lowest BCUT2D eigenvalue weighted by molar-refractivity contribution is 0.584. The molecule has 1 aliphatic rings. The third-order valence-electron chi connectivity index (χ3n) is 4.47. The van der Waals surface area contributed by atoms with Gasteiger partial charge < -0.3 is 4.90 Å². The van der Waals surface area contributed by atoms with Crippen LogP contribution in [0.4, 0.5) is 14.5 Å². The molecule has 5 heteroatoms. The number of hydrogen-bond acceptors (Lipinski definition) is 2. The smallest absolute Gasteiger partial charge is 0.126 e. The van der Waals surface area contributed by atoms with E-state index in [9.17, 15) is 8.78 Å². The monoisotopic (exact) mass is 356 g/mol. The van der Waals surface area contributed by atoms with E-state index in [-0.39, 0.29) is 0 Å². The second-order valence-electron chi connectivity index (χ2n) is 6.17. The average molecular weight is 357 g/mol. The van der Waals surface area contributed by atoms with Gasteiger partial charge >= 0.3 is 0 Å². The fraction of sp³-hybridized carbons (Fsp3) is 0.150. The summed E-state index contributed by atoms with van der Waals surface area (Å²) in [6.07, 6.45) is 4.30. The third-order valence-corrected chi connectivity index (χ3v) is 4.70. The van der Waals surface area contributed by atoms with Crippen molar-refractivity contribution in [2.45, 2.75) is 13.0 Å². The topological polar surface area (TPSA) is 16.1 Å². The van der Waals surface area contributed by atoms with Gasteiger partial charge in [-0.05, 0) is 53.4 Å². The molecule has 0 fully saturated rings. The van der Waals surface area contributed by atoms with Crippen molar-refractivity contribution in [3.8, 4) is 11.1 Å². The number of fused-ring (bicyclic) bond motifs is 1. The predicted octanol–water partition coefficient (Wildman–Crippen LogP) is 5.24. The van der Waals surface area contributed by atoms with Crippen LogP contribution in [0.5, 0.6) is 0 Å². The molecule has 2 nitrogen and oxygen atoms in total. The molecule has 126 valence electrons. The van der Waals surface area contributed by atoms with Gasteiger partial charge in [0, 0.05) is 35.9 Å². The summed E-state index contributed by atoms with van der Waals surface area (Å²) in [4.78, 5) is 6.47. The first-order valence-electron chi connectivity index (χ1n) is 8.02. The quantitative estimate of drug-likeness (QED) is 0.624. The van der Waals surface area contributed by atoms with Crippen LogP contribution >= 0.6 is 11.6 Å². The van der Waals surface area contributed by atoms with Gasteiger partial charge in [0.1, 0.15) is 11.6 Å². The van der Waals surface area contributed by atoms with Crippen molar-refractivity contribution in [2.75, 3.05) is 11.4 Å². The highest BCUT2D eigenvalue weighted by atomic mass is 35.5. The minimum atomic E-state index is -0.593. The van der Waals surface area contributed by atoms with Crippen LogP contribution in [0.15, 0.2) is 54.9 Å². The Hall–Kier alpha value is -2.46. The first-order chi connectivity index (χ1) is 12.1. The fourth-order valence-electron chi connectivity index (χ4n) is 3.22. The Morgan fingerprint density at radius 1 is 0.880 bits per heavy atom. The van der Waals surface area contributed by atoms with Gasteiger partial charge in [-0.2, -0.15) is 0 Å². The number of nitrogens with zero attached hydrogens (tertiary/aromatic N) is 2. The van der Waals surface area contributed by atoms with E-state index in [4.69, 9.17) is 11.6 Å². The Morgan fingerprint density at radius 3 is 2.48 bits per heavy atom. The van der Waals surface area contributed by atoms with E-state index in [1.807, 2.05) is 24.3 Å². The summed E-state index contributed by atoms with van der Waals surface area (Å²) in [5.74, 6) is -1.19. The molecule has 0 radical (unpaired) electrons. The summed E-state index contributed by atoms with van der Waals surface area (Å²) >= 11 is 6.06. The van der Waals surface area contributed by atoms with E-state index in [0.717, 1.165) is 36.3 Å². The number of halogens is 3. The third kappa shape index (κ3) is 3.35. The highest BCUT2D eigenvalue weighted by molar-refractivity contribution is 6.30. The second-order valence-corrected chi connectivity index (χ2v) is 6.61. The molecule has 0 bridgehead atoms. The summed E-state index contributed by atoms with van der Waals surface area (Å²) in [6, 6.07) is 11.4. The minimum Gasteiger partial charge on any atom is -0.366 e. The second kappa shape index (κ2) is 6.45. The first kappa shape index (κ1) is 16.0. The Kier molecular flexibility index (Phi) is 4.14. The Balaban J connectivity index is 1.65. The highest BCUT2D eigenvalue weighted by Gasteiger charge is 2.17. The van der Waals surface area contributed by atoms with E-state index in [1.54, 1.807) is 12.4 Å². The van der Waals surface area contributed by atoms with Crippen LogP contribution in [0.2, 0.25) is 5.02 Å². The molecule has 25 heavy (non-hydrogen) atoms. The minimum absolute atomic E-state index is 0.482. The van der Waals surface area contributed by atoms with E-state index in [0.29, 0.717) is 11.1 Å². The molecular weight excluding hydrogens is 342 g/mol. The maximum Gasteiger partial charge on any atom is 0.126 e. The summed E-state index contributed by atoms with van der Waals surface area (Å²) in [5.41, 5.74) is 4.61. The Morgan fingerprint density at radius 2 is 1.68 bits per heavy atom. The number of hydrogen-bond donors (Lipinski definition) is 0. The molecule has 0 saturated carbocycles. The van der Waals surface area contributed by atoms with Gasteiger partial charge in [-0.3, -0.25) is 4.98 Å². The van der Waals surface area contributed by atoms with E-state index < -0.39 is 11.6 Å². The van der Waals surface area contributed by atoms with Gasteiger partial charge in [-0.25, -0.2) is 8.78 Å². The SMILES string of the molecule is Fc1cc(F)cc(-c2cncc(N3CCc4cc(Cl)ccc4C3)c2)c1. The average Bonchev–Trinajstić information content (AvgIpc) is 2.60. The molecule has 0 unspecified atom stereocenters. The Bertz CT molecular complexity index is 922. The molecule has 0 atom stereocenters. The molecule has 1 aliphatic heterocycles. The van der Waals surface area contributed by atoms with Crippen LogP contribution in [0.1, 0.15) is 11.1 Å². The molecule has 4 rings (SSSR count). The number of rotatable bonds is 2. The van der Waals surface area contributed by atoms with Gasteiger partial charge in [0.25, 0.3) is 0 Å². The lowest BCUT2D eigenvalue weighted by atomic mass is 9.99. The number of anilines is 1. The molecule has 2 aromatic carbocycles. The van der Waals surface area contributed by atoms with Crippen LogP contribution < -0.4 is 4.90 Å². The molecule has 1 aromatic heterocycles. The van der Waals surface area contributed by atoms with Gasteiger partial charge in [0.2, 0.25) is 0 Å². The maximum absolute atomic E-state index is 13.5. The van der Waals surface area contributed by atoms with Crippen molar-refractivity contribution in [1.82, 2.24) is 4.98 Å². The number of benzene rings is 2. The zero-order chi connectivity index (χ0) is 17.4. The standard InChI is InChI=1S/C20H15ClF2N2/c21-17-2-1-14-12-25(4-3-13(14)5-17)20-8-16(10-24-11-20)15-6-18(22)9-19(23)7-15/h1-2,5-11H,3-4,12H2. The van der Waals surface area contributed by atoms with Crippen LogP contribution in [0.25, 0.3) is 11.1 Å². The lowest BCUT2D eigenvalue weighted by Crippen LogP contribution is -2.30. The van der Waals surface area contributed by atoms with Crippen molar-refractivity contribution in [2.24, 2.45) is 0 Å². The van der Waals surface area contributed by atoms with E-state index >= 15 is 0 Å². The van der Waals surface area contributed by atoms with Crippen molar-refractivity contribution >= 4 is 17.3 Å². The van der Waals surface area contributed by atoms with Crippen molar-refractivity contribution in [1.29, 1.82) is 0 Å². The molecule has 0 aliphatic carbocycles. The molecular formula is C20H15ClF2N2. The van der Waals surface area contributed by atoms with Crippen molar-refractivity contribution < 1.29 is 8.78 Å². The highest BCUT2D eigenvalue weighted by Crippen LogP contribution is 2.29. The fourth-order valence-corrected chi connectivity index (χ4v) is 3.42. The summed E-state index contributed by atoms with van der Waals surface area (Å²) in [7, 11) is 0. The summed E-state index contributed by atoms with van der Waals surface area (Å²) in [5, 5.41) is 0.754. The van der Waals surface area contributed by atoms with Gasteiger partial charge in [-0.15, -0.1) is 0 Å². The van der Waals surface area contributed by atoms with Crippen LogP contribution in [0.3, 0.4) is 0 Å². The maximum atomic E-state index is 13.5. The first-order valence-corrected chi connectivity index (χ1v) is 8.40. The largest absolute Gasteiger partial charge is 0.366 e. The van der Waals surface area contributed by atoms with E-state index in [1.165, 1.54) is 23.3 Å². The molecule has 0 spiro atoms. The molecule has 0 saturated heterocycles. The van der Waals surface area contributed by atoms with E-state index in [2.05, 4.69) is 9.88 Å². The van der Waals surface area contributed by atoms with Gasteiger partial charge in [-0.1, -0.05) is 17.7 Å². The molecule has 3 aromatic rings. The van der Waals surface area contributed by atoms with Crippen LogP contribution in [-0.2, 0) is 13.0 Å². The zero-order valence-electron chi connectivity index (χ0n) is 13.3. The molecule has 2 heterocycles. The van der Waals surface area contributed by atoms with Crippen LogP contribution in [-0.4, -0.2) is 11.5 Å². The van der Waals surface area contributed by atoms with Gasteiger partial charge in [0.15, 0.2) is 0 Å². The van der Waals surface area contributed by atoms with Crippen LogP contribution in [0, 0.1) is 11.6 Å². The normalized spacial score (nSPS) is 13.6. The Labute approximate surface area is 149 Å². The molecule has 0 N–H and O–H groups in total. The summed E-state index contributed by atoms with van der Waals surface area (Å²) < 4.78 is 27.0. The predicted molar refractivity (Wildman–Crippen MR) is 95.8 cm³/mol. The van der Waals surface area contributed by atoms with Crippen molar-refractivity contribution in [3.05, 3.63) is 82.6 Å².